The van der Waals surface area contributed by atoms with Crippen LogP contribution in [-0.2, 0) is 25.6 Å². The lowest BCUT2D eigenvalue weighted by molar-refractivity contribution is 0.312. The lowest BCUT2D eigenvalue weighted by Gasteiger charge is -2.39. The molecule has 40 heavy (non-hydrogen) atoms. The second kappa shape index (κ2) is 9.62. The van der Waals surface area contributed by atoms with Crippen LogP contribution in [0.15, 0.2) is 63.1 Å². The molecule has 0 radical (unpaired) electrons. The monoisotopic (exact) mass is 539 g/mol. The number of aromatic amines is 1. The second-order valence-corrected chi connectivity index (χ2v) is 9.47. The molecule has 0 fully saturated rings. The highest BCUT2D eigenvalue weighted by atomic mass is 19.1. The maximum absolute atomic E-state index is 13.4. The number of hydrogen-bond donors (Lipinski definition) is 3. The molecule has 11 nitrogen and oxygen atoms in total. The Balaban J connectivity index is 1.57. The van der Waals surface area contributed by atoms with Crippen LogP contribution in [0.1, 0.15) is 42.3 Å². The molecule has 12 heteroatoms. The third-order valence-corrected chi connectivity index (χ3v) is 7.12. The summed E-state index contributed by atoms with van der Waals surface area (Å²) in [5.74, 6) is -0.846. The molecule has 0 aliphatic carbocycles. The zero-order valence-corrected chi connectivity index (χ0v) is 22.1. The van der Waals surface area contributed by atoms with Gasteiger partial charge in [-0.25, -0.2) is 14.8 Å². The first-order valence-corrected chi connectivity index (χ1v) is 12.8. The molecule has 1 aromatic carbocycles. The summed E-state index contributed by atoms with van der Waals surface area (Å²) in [5.41, 5.74) is 9.49. The fourth-order valence-electron chi connectivity index (χ4n) is 5.15. The van der Waals surface area contributed by atoms with E-state index in [9.17, 15) is 9.18 Å². The van der Waals surface area contributed by atoms with Crippen LogP contribution in [0.5, 0.6) is 0 Å². The summed E-state index contributed by atoms with van der Waals surface area (Å²) in [5, 5.41) is 13.6. The van der Waals surface area contributed by atoms with Crippen LogP contribution in [0.3, 0.4) is 0 Å². The van der Waals surface area contributed by atoms with E-state index in [1.807, 2.05) is 37.4 Å². The first kappa shape index (κ1) is 25.3. The minimum absolute atomic E-state index is 0.135. The molecule has 5 heterocycles. The van der Waals surface area contributed by atoms with Crippen LogP contribution in [0.2, 0.25) is 0 Å². The highest BCUT2D eigenvalue weighted by Crippen LogP contribution is 2.43. The van der Waals surface area contributed by atoms with E-state index in [-0.39, 0.29) is 11.7 Å². The number of aryl methyl sites for hydroxylation is 2. The number of benzene rings is 1. The molecular formula is C28H26FN9O2. The number of fused-ring (bicyclic) bond motifs is 3. The van der Waals surface area contributed by atoms with E-state index in [0.29, 0.717) is 29.9 Å². The number of allylic oxidation sites excluding steroid dienone is 1. The topological polar surface area (TPSA) is 145 Å². The summed E-state index contributed by atoms with van der Waals surface area (Å²) in [6.07, 6.45) is 6.85. The number of amidine groups is 1. The lowest BCUT2D eigenvalue weighted by atomic mass is 9.79. The Bertz CT molecular complexity index is 1830. The smallest absolute Gasteiger partial charge is 0.389 e. The van der Waals surface area contributed by atoms with Crippen molar-refractivity contribution in [2.75, 3.05) is 0 Å². The predicted molar refractivity (Wildman–Crippen MR) is 146 cm³/mol. The fraction of sp³-hybridized carbons (Fsp3) is 0.250. The zero-order valence-electron chi connectivity index (χ0n) is 22.1. The first-order chi connectivity index (χ1) is 19.3. The molecule has 4 aromatic heterocycles. The van der Waals surface area contributed by atoms with Gasteiger partial charge in [0.1, 0.15) is 11.5 Å². The van der Waals surface area contributed by atoms with E-state index < -0.39 is 23.2 Å². The van der Waals surface area contributed by atoms with Gasteiger partial charge in [-0.05, 0) is 44.0 Å². The standard InChI is InChI=1S/C28H26FN9O2/c1-4-20(22-11-10-17(29)14-31-22)34-25(30)23-12-19-18-8-6-7-9-21(18)33-24(19)28(35-23,16-13-32-38(5-2)15-16)26-36-37(3)27(39)40-26/h4,6-9,13-15,23,33,35H,5,12H2,1-3H3,(H2,30,34)/b20-4-/t23-,28?/m1/s1. The Kier molecular flexibility index (Phi) is 6.08. The van der Waals surface area contributed by atoms with Gasteiger partial charge in [-0.1, -0.05) is 24.3 Å². The highest BCUT2D eigenvalue weighted by Gasteiger charge is 2.51. The van der Waals surface area contributed by atoms with Crippen LogP contribution < -0.4 is 16.8 Å². The van der Waals surface area contributed by atoms with Crippen molar-refractivity contribution in [3.05, 3.63) is 106 Å². The van der Waals surface area contributed by atoms with Crippen molar-refractivity contribution in [2.24, 2.45) is 17.8 Å². The molecule has 0 bridgehead atoms. The number of aromatic nitrogens is 6. The molecule has 202 valence electrons. The SMILES string of the molecule is C/C=C(\N=C(N)[C@H]1Cc2c([nH]c3ccccc23)C(c2cnn(CC)c2)(c2nn(C)c(=O)o2)N1)c1c#cc(F)cn1. The number of H-pyrrole nitrogens is 1. The van der Waals surface area contributed by atoms with Gasteiger partial charge >= 0.3 is 5.76 Å². The summed E-state index contributed by atoms with van der Waals surface area (Å²) in [6, 6.07) is 12.4. The van der Waals surface area contributed by atoms with Crippen LogP contribution in [0.4, 0.5) is 4.39 Å². The van der Waals surface area contributed by atoms with E-state index in [4.69, 9.17) is 10.2 Å². The second-order valence-electron chi connectivity index (χ2n) is 9.47. The van der Waals surface area contributed by atoms with Gasteiger partial charge in [0.2, 0.25) is 5.89 Å². The number of para-hydroxylation sites is 1. The average Bonchev–Trinajstić information content (AvgIpc) is 3.69. The molecule has 2 atom stereocenters. The molecule has 1 aliphatic rings. The van der Waals surface area contributed by atoms with E-state index in [1.54, 1.807) is 23.9 Å². The number of nitrogens with one attached hydrogen (secondary N) is 2. The summed E-state index contributed by atoms with van der Waals surface area (Å²) >= 11 is 0. The van der Waals surface area contributed by atoms with Crippen LogP contribution in [0.25, 0.3) is 16.6 Å². The molecule has 6 rings (SSSR count). The fourth-order valence-corrected chi connectivity index (χ4v) is 5.15. The molecule has 0 saturated carbocycles. The van der Waals surface area contributed by atoms with E-state index in [0.717, 1.165) is 33.0 Å². The van der Waals surface area contributed by atoms with Gasteiger partial charge in [-0.15, -0.1) is 5.10 Å². The van der Waals surface area contributed by atoms with E-state index in [1.165, 1.54) is 7.05 Å². The normalized spacial score (nSPS) is 19.6. The number of aliphatic imine (C=N–C) groups is 1. The van der Waals surface area contributed by atoms with Crippen molar-refractivity contribution in [1.29, 1.82) is 0 Å². The Labute approximate surface area is 228 Å². The molecular weight excluding hydrogens is 513 g/mol. The Morgan fingerprint density at radius 1 is 1.35 bits per heavy atom. The van der Waals surface area contributed by atoms with E-state index >= 15 is 0 Å². The van der Waals surface area contributed by atoms with Gasteiger partial charge < -0.3 is 15.1 Å². The minimum Gasteiger partial charge on any atom is -0.389 e. The predicted octanol–water partition coefficient (Wildman–Crippen LogP) is 2.43. The number of hydrogen-bond acceptors (Lipinski definition) is 7. The molecule has 0 amide bonds. The number of nitrogens with zero attached hydrogens (tertiary/aromatic N) is 6. The van der Waals surface area contributed by atoms with Crippen LogP contribution >= 0.6 is 0 Å². The maximum atomic E-state index is 13.4. The van der Waals surface area contributed by atoms with Crippen molar-refractivity contribution >= 4 is 22.4 Å². The summed E-state index contributed by atoms with van der Waals surface area (Å²) in [4.78, 5) is 24.8. The third kappa shape index (κ3) is 3.99. The van der Waals surface area contributed by atoms with Gasteiger partial charge in [-0.2, -0.15) is 14.2 Å². The molecule has 5 aromatic rings. The van der Waals surface area contributed by atoms with Crippen molar-refractivity contribution in [2.45, 2.75) is 38.4 Å². The lowest BCUT2D eigenvalue weighted by Crippen LogP contribution is -2.58. The largest absolute Gasteiger partial charge is 0.436 e. The van der Waals surface area contributed by atoms with Gasteiger partial charge in [0.25, 0.3) is 0 Å². The number of rotatable bonds is 6. The van der Waals surface area contributed by atoms with E-state index in [2.05, 4.69) is 42.6 Å². The van der Waals surface area contributed by atoms with Gasteiger partial charge in [0, 0.05) is 36.3 Å². The summed E-state index contributed by atoms with van der Waals surface area (Å²) in [7, 11) is 1.53. The minimum atomic E-state index is -1.25. The maximum Gasteiger partial charge on any atom is 0.436 e. The Hall–Kier alpha value is -5.02. The first-order valence-electron chi connectivity index (χ1n) is 12.8. The zero-order chi connectivity index (χ0) is 28.0. The van der Waals surface area contributed by atoms with Gasteiger partial charge in [-0.3, -0.25) is 10.00 Å². The molecule has 0 spiro atoms. The summed E-state index contributed by atoms with van der Waals surface area (Å²) in [6.45, 7) is 4.40. The third-order valence-electron chi connectivity index (χ3n) is 7.12. The van der Waals surface area contributed by atoms with Crippen molar-refractivity contribution in [1.82, 2.24) is 34.8 Å². The van der Waals surface area contributed by atoms with Crippen molar-refractivity contribution in [3.8, 4) is 0 Å². The van der Waals surface area contributed by atoms with Crippen molar-refractivity contribution in [3.63, 3.8) is 0 Å². The molecule has 1 unspecified atom stereocenters. The van der Waals surface area contributed by atoms with Gasteiger partial charge in [0.15, 0.2) is 11.4 Å². The quantitative estimate of drug-likeness (QED) is 0.222. The van der Waals surface area contributed by atoms with Gasteiger partial charge in [0.05, 0.1) is 29.8 Å². The highest BCUT2D eigenvalue weighted by molar-refractivity contribution is 5.93. The Morgan fingerprint density at radius 2 is 2.17 bits per heavy atom. The molecule has 0 saturated heterocycles. The van der Waals surface area contributed by atoms with Crippen molar-refractivity contribution < 1.29 is 8.81 Å². The molecule has 4 N–H and O–H groups in total. The average molecular weight is 540 g/mol. The number of halogens is 1. The summed E-state index contributed by atoms with van der Waals surface area (Å²) < 4.78 is 22.1. The number of nitrogens with two attached hydrogens (primary N) is 1. The Morgan fingerprint density at radius 3 is 2.85 bits per heavy atom. The van der Waals surface area contributed by atoms with Crippen LogP contribution in [-0.4, -0.2) is 41.4 Å². The van der Waals surface area contributed by atoms with Crippen LogP contribution in [0, 0.1) is 17.9 Å². The molecule has 1 aliphatic heterocycles.